The molecular weight excluding hydrogens is 388 g/mol. The van der Waals surface area contributed by atoms with Crippen LogP contribution in [0.25, 0.3) is 48.5 Å². The van der Waals surface area contributed by atoms with E-state index >= 15 is 0 Å². The maximum absolute atomic E-state index is 10.2. The van der Waals surface area contributed by atoms with E-state index in [-0.39, 0.29) is 5.41 Å². The molecule has 3 nitrogen and oxygen atoms in total. The van der Waals surface area contributed by atoms with E-state index in [0.29, 0.717) is 5.75 Å². The number of phenolic OH excluding ortho intramolecular Hbond substituents is 1. The molecular formula is C26H18N2OS. The molecule has 0 spiro atoms. The van der Waals surface area contributed by atoms with Crippen LogP contribution in [0.15, 0.2) is 66.9 Å². The molecule has 0 saturated carbocycles. The summed E-state index contributed by atoms with van der Waals surface area (Å²) in [5, 5.41) is 15.0. The van der Waals surface area contributed by atoms with E-state index in [0.717, 1.165) is 16.4 Å². The lowest BCUT2D eigenvalue weighted by Gasteiger charge is -2.32. The van der Waals surface area contributed by atoms with Crippen molar-refractivity contribution in [3.63, 3.8) is 0 Å². The smallest absolute Gasteiger partial charge is 0.116 e. The largest absolute Gasteiger partial charge is 0.508 e. The Labute approximate surface area is 176 Å². The molecule has 0 radical (unpaired) electrons. The van der Waals surface area contributed by atoms with Crippen LogP contribution in [-0.2, 0) is 5.41 Å². The van der Waals surface area contributed by atoms with Crippen molar-refractivity contribution in [2.24, 2.45) is 0 Å². The van der Waals surface area contributed by atoms with E-state index in [1.807, 2.05) is 35.7 Å². The maximum atomic E-state index is 10.2. The van der Waals surface area contributed by atoms with Gasteiger partial charge in [0.15, 0.2) is 0 Å². The third kappa shape index (κ3) is 1.79. The van der Waals surface area contributed by atoms with Crippen molar-refractivity contribution in [2.75, 3.05) is 0 Å². The molecule has 0 saturated heterocycles. The number of aromatic hydroxyl groups is 1. The summed E-state index contributed by atoms with van der Waals surface area (Å²) in [4.78, 5) is 5.99. The monoisotopic (exact) mass is 406 g/mol. The number of aromatic nitrogens is 2. The second-order valence-electron chi connectivity index (χ2n) is 8.65. The molecule has 0 aliphatic carbocycles. The van der Waals surface area contributed by atoms with Crippen LogP contribution in [-0.4, -0.2) is 14.7 Å². The number of thiophene rings is 1. The van der Waals surface area contributed by atoms with Crippen molar-refractivity contribution in [3.8, 4) is 11.4 Å². The molecule has 144 valence electrons. The molecule has 4 heterocycles. The van der Waals surface area contributed by atoms with E-state index in [1.54, 1.807) is 6.07 Å². The molecule has 7 rings (SSSR count). The minimum absolute atomic E-state index is 0.112. The summed E-state index contributed by atoms with van der Waals surface area (Å²) in [6.45, 7) is 4.66. The fraction of sp³-hybridized carbons (Fsp3) is 0.115. The number of hydrogen-bond donors (Lipinski definition) is 1. The Kier molecular flexibility index (Phi) is 2.85. The molecule has 0 bridgehead atoms. The molecule has 0 fully saturated rings. The molecule has 4 heteroatoms. The van der Waals surface area contributed by atoms with Gasteiger partial charge in [0, 0.05) is 42.7 Å². The van der Waals surface area contributed by atoms with Crippen LogP contribution in [0.5, 0.6) is 5.75 Å². The number of fused-ring (bicyclic) bond motifs is 9. The zero-order valence-electron chi connectivity index (χ0n) is 16.6. The molecule has 1 N–H and O–H groups in total. The topological polar surface area (TPSA) is 38.0 Å². The lowest BCUT2D eigenvalue weighted by molar-refractivity contribution is 0.476. The Hall–Kier alpha value is -3.37. The van der Waals surface area contributed by atoms with Gasteiger partial charge < -0.3 is 9.67 Å². The number of phenols is 1. The van der Waals surface area contributed by atoms with Crippen molar-refractivity contribution in [3.05, 3.63) is 77.3 Å². The minimum Gasteiger partial charge on any atom is -0.508 e. The Balaban J connectivity index is 1.82. The first-order valence-electron chi connectivity index (χ1n) is 10.1. The van der Waals surface area contributed by atoms with E-state index in [4.69, 9.17) is 0 Å². The average molecular weight is 407 g/mol. The van der Waals surface area contributed by atoms with Crippen LogP contribution in [0.2, 0.25) is 0 Å². The number of pyridine rings is 1. The van der Waals surface area contributed by atoms with Crippen LogP contribution >= 0.6 is 11.3 Å². The highest BCUT2D eigenvalue weighted by atomic mass is 32.1. The van der Waals surface area contributed by atoms with Crippen LogP contribution in [0.4, 0.5) is 0 Å². The van der Waals surface area contributed by atoms with E-state index in [9.17, 15) is 5.11 Å². The van der Waals surface area contributed by atoms with Gasteiger partial charge in [-0.25, -0.2) is 0 Å². The Morgan fingerprint density at radius 3 is 2.70 bits per heavy atom. The molecule has 0 atom stereocenters. The molecule has 6 aromatic rings. The number of para-hydroxylation sites is 1. The van der Waals surface area contributed by atoms with Gasteiger partial charge in [-0.3, -0.25) is 4.98 Å². The minimum atomic E-state index is -0.112. The fourth-order valence-electron chi connectivity index (χ4n) is 5.29. The first kappa shape index (κ1) is 16.4. The maximum Gasteiger partial charge on any atom is 0.116 e. The van der Waals surface area contributed by atoms with E-state index < -0.39 is 0 Å². The van der Waals surface area contributed by atoms with Gasteiger partial charge in [0.1, 0.15) is 5.75 Å². The van der Waals surface area contributed by atoms with Crippen molar-refractivity contribution < 1.29 is 5.11 Å². The van der Waals surface area contributed by atoms with Crippen molar-refractivity contribution in [2.45, 2.75) is 19.3 Å². The van der Waals surface area contributed by atoms with E-state index in [2.05, 4.69) is 59.8 Å². The lowest BCUT2D eigenvalue weighted by atomic mass is 9.79. The SMILES string of the molecule is CC1(C)c2sc3ccc4ncccc4c3c2-n2c3ccc(O)cc3c3cccc1c32. The molecule has 0 unspecified atom stereocenters. The van der Waals surface area contributed by atoms with Gasteiger partial charge in [-0.05, 0) is 42.0 Å². The van der Waals surface area contributed by atoms with Gasteiger partial charge >= 0.3 is 0 Å². The molecule has 1 aliphatic rings. The van der Waals surface area contributed by atoms with Gasteiger partial charge in [0.25, 0.3) is 0 Å². The second-order valence-corrected chi connectivity index (χ2v) is 9.70. The van der Waals surface area contributed by atoms with Crippen molar-refractivity contribution in [1.29, 1.82) is 0 Å². The number of nitrogens with zero attached hydrogens (tertiary/aromatic N) is 2. The van der Waals surface area contributed by atoms with Gasteiger partial charge in [0.2, 0.25) is 0 Å². The third-order valence-corrected chi connectivity index (χ3v) is 8.11. The fourth-order valence-corrected chi connectivity index (χ4v) is 6.61. The quantitative estimate of drug-likeness (QED) is 0.298. The third-order valence-electron chi connectivity index (χ3n) is 6.65. The summed E-state index contributed by atoms with van der Waals surface area (Å²) in [6.07, 6.45) is 1.86. The second kappa shape index (κ2) is 5.21. The number of rotatable bonds is 0. The van der Waals surface area contributed by atoms with Crippen molar-refractivity contribution >= 4 is 54.1 Å². The van der Waals surface area contributed by atoms with Crippen LogP contribution < -0.4 is 0 Å². The summed E-state index contributed by atoms with van der Waals surface area (Å²) in [5.74, 6) is 0.301. The first-order valence-corrected chi connectivity index (χ1v) is 10.9. The summed E-state index contributed by atoms with van der Waals surface area (Å²) >= 11 is 1.89. The Morgan fingerprint density at radius 2 is 1.80 bits per heavy atom. The zero-order chi connectivity index (χ0) is 20.2. The molecule has 3 aromatic heterocycles. The predicted molar refractivity (Wildman–Crippen MR) is 125 cm³/mol. The van der Waals surface area contributed by atoms with Gasteiger partial charge in [0.05, 0.1) is 22.2 Å². The molecule has 3 aromatic carbocycles. The average Bonchev–Trinajstić information content (AvgIpc) is 3.29. The first-order chi connectivity index (χ1) is 14.6. The molecule has 0 amide bonds. The zero-order valence-corrected chi connectivity index (χ0v) is 17.4. The van der Waals surface area contributed by atoms with Crippen LogP contribution in [0.3, 0.4) is 0 Å². The normalized spacial score (nSPS) is 14.7. The number of benzene rings is 3. The van der Waals surface area contributed by atoms with Gasteiger partial charge in [-0.1, -0.05) is 38.1 Å². The van der Waals surface area contributed by atoms with Crippen LogP contribution in [0.1, 0.15) is 24.3 Å². The summed E-state index contributed by atoms with van der Waals surface area (Å²) < 4.78 is 3.71. The molecule has 30 heavy (non-hydrogen) atoms. The summed E-state index contributed by atoms with van der Waals surface area (Å²) in [7, 11) is 0. The van der Waals surface area contributed by atoms with Crippen LogP contribution in [0, 0.1) is 0 Å². The Bertz CT molecular complexity index is 1690. The predicted octanol–water partition coefficient (Wildman–Crippen LogP) is 6.89. The standard InChI is InChI=1S/C26H18N2OS/c1-26(2)18-7-3-5-15-17-13-14(29)8-10-20(17)28(23(15)18)24-22-16-6-4-12-27-19(16)9-11-21(22)30-25(24)26/h3-13,29H,1-2H3. The number of hydrogen-bond acceptors (Lipinski definition) is 3. The molecule has 1 aliphatic heterocycles. The van der Waals surface area contributed by atoms with E-state index in [1.165, 1.54) is 42.5 Å². The summed E-state index contributed by atoms with van der Waals surface area (Å²) in [6, 6.07) is 20.8. The highest BCUT2D eigenvalue weighted by Crippen LogP contribution is 2.53. The summed E-state index contributed by atoms with van der Waals surface area (Å²) in [5.41, 5.74) is 5.89. The van der Waals surface area contributed by atoms with Gasteiger partial charge in [-0.15, -0.1) is 11.3 Å². The van der Waals surface area contributed by atoms with Crippen molar-refractivity contribution in [1.82, 2.24) is 9.55 Å². The lowest BCUT2D eigenvalue weighted by Crippen LogP contribution is -2.24. The highest BCUT2D eigenvalue weighted by Gasteiger charge is 2.38. The Morgan fingerprint density at radius 1 is 0.933 bits per heavy atom. The van der Waals surface area contributed by atoms with Gasteiger partial charge in [-0.2, -0.15) is 0 Å². The highest BCUT2D eigenvalue weighted by molar-refractivity contribution is 7.20.